The fraction of sp³-hybridized carbons (Fsp3) is 0.0909. The molecule has 2 amide bonds. The van der Waals surface area contributed by atoms with Crippen LogP contribution in [0.25, 0.3) is 0 Å². The van der Waals surface area contributed by atoms with Crippen LogP contribution in [-0.2, 0) is 10.0 Å². The van der Waals surface area contributed by atoms with E-state index in [0.717, 1.165) is 0 Å². The molecule has 8 heteroatoms. The maximum absolute atomic E-state index is 12.5. The minimum atomic E-state index is -3.70. The topological polar surface area (TPSA) is 95.6 Å². The highest BCUT2D eigenvalue weighted by Gasteiger charge is 2.14. The van der Waals surface area contributed by atoms with E-state index in [1.54, 1.807) is 56.6 Å². The first-order valence-electron chi connectivity index (χ1n) is 9.07. The lowest BCUT2D eigenvalue weighted by Crippen LogP contribution is -2.22. The summed E-state index contributed by atoms with van der Waals surface area (Å²) in [4.78, 5) is 26.2. The number of sulfonamides is 1. The van der Waals surface area contributed by atoms with Gasteiger partial charge in [0.1, 0.15) is 0 Å². The summed E-state index contributed by atoms with van der Waals surface area (Å²) in [5.74, 6) is -0.539. The molecule has 0 fully saturated rings. The largest absolute Gasteiger partial charge is 0.345 e. The summed E-state index contributed by atoms with van der Waals surface area (Å²) in [6.45, 7) is 0. The summed E-state index contributed by atoms with van der Waals surface area (Å²) in [5, 5.41) is 2.74. The van der Waals surface area contributed by atoms with E-state index >= 15 is 0 Å². The first kappa shape index (κ1) is 21.1. The first-order chi connectivity index (χ1) is 14.3. The molecule has 30 heavy (non-hydrogen) atoms. The fourth-order valence-corrected chi connectivity index (χ4v) is 3.77. The van der Waals surface area contributed by atoms with Gasteiger partial charge in [-0.05, 0) is 54.6 Å². The Labute approximate surface area is 175 Å². The fourth-order valence-electron chi connectivity index (χ4n) is 2.69. The molecule has 2 N–H and O–H groups in total. The van der Waals surface area contributed by atoms with Crippen LogP contribution in [0.3, 0.4) is 0 Å². The van der Waals surface area contributed by atoms with Gasteiger partial charge in [0, 0.05) is 36.6 Å². The molecule has 0 bridgehead atoms. The number of nitrogens with zero attached hydrogens (tertiary/aromatic N) is 1. The molecule has 154 valence electrons. The standard InChI is InChI=1S/C22H21N3O4S/c1-25(2)22(27)17-7-6-8-19(15-17)23-21(26)16-11-13-18(14-12-16)24-30(28,29)20-9-4-3-5-10-20/h3-15,24H,1-2H3,(H,23,26). The van der Waals surface area contributed by atoms with Crippen LogP contribution in [0.2, 0.25) is 0 Å². The molecule has 0 aliphatic heterocycles. The van der Waals surface area contributed by atoms with Crippen molar-refractivity contribution in [3.05, 3.63) is 90.0 Å². The molecular formula is C22H21N3O4S. The van der Waals surface area contributed by atoms with Gasteiger partial charge in [0.2, 0.25) is 0 Å². The van der Waals surface area contributed by atoms with Crippen LogP contribution < -0.4 is 10.0 Å². The summed E-state index contributed by atoms with van der Waals surface area (Å²) >= 11 is 0. The third-order valence-corrected chi connectivity index (χ3v) is 5.62. The zero-order valence-corrected chi connectivity index (χ0v) is 17.3. The van der Waals surface area contributed by atoms with Gasteiger partial charge in [-0.25, -0.2) is 8.42 Å². The number of hydrogen-bond acceptors (Lipinski definition) is 4. The van der Waals surface area contributed by atoms with Gasteiger partial charge < -0.3 is 10.2 Å². The van der Waals surface area contributed by atoms with Gasteiger partial charge >= 0.3 is 0 Å². The number of carbonyl (C=O) groups excluding carboxylic acids is 2. The van der Waals surface area contributed by atoms with Gasteiger partial charge in [-0.3, -0.25) is 14.3 Å². The van der Waals surface area contributed by atoms with E-state index in [4.69, 9.17) is 0 Å². The van der Waals surface area contributed by atoms with Crippen molar-refractivity contribution in [2.75, 3.05) is 24.1 Å². The number of amides is 2. The lowest BCUT2D eigenvalue weighted by Gasteiger charge is -2.12. The molecule has 0 unspecified atom stereocenters. The summed E-state index contributed by atoms with van der Waals surface area (Å²) in [6.07, 6.45) is 0. The lowest BCUT2D eigenvalue weighted by atomic mass is 10.1. The zero-order chi connectivity index (χ0) is 21.7. The van der Waals surface area contributed by atoms with Crippen LogP contribution in [0.15, 0.2) is 83.8 Å². The quantitative estimate of drug-likeness (QED) is 0.635. The SMILES string of the molecule is CN(C)C(=O)c1cccc(NC(=O)c2ccc(NS(=O)(=O)c3ccccc3)cc2)c1. The second-order valence-corrected chi connectivity index (χ2v) is 8.41. The van der Waals surface area contributed by atoms with E-state index < -0.39 is 10.0 Å². The normalized spacial score (nSPS) is 10.9. The van der Waals surface area contributed by atoms with Crippen LogP contribution in [0.5, 0.6) is 0 Å². The van der Waals surface area contributed by atoms with E-state index in [0.29, 0.717) is 22.5 Å². The average molecular weight is 423 g/mol. The van der Waals surface area contributed by atoms with Gasteiger partial charge in [0.15, 0.2) is 0 Å². The Hall–Kier alpha value is -3.65. The molecule has 0 saturated heterocycles. The van der Waals surface area contributed by atoms with Gasteiger partial charge in [-0.2, -0.15) is 0 Å². The molecule has 0 radical (unpaired) electrons. The van der Waals surface area contributed by atoms with Gasteiger partial charge in [0.05, 0.1) is 4.90 Å². The van der Waals surface area contributed by atoms with Gasteiger partial charge in [-0.15, -0.1) is 0 Å². The zero-order valence-electron chi connectivity index (χ0n) is 16.5. The molecule has 7 nitrogen and oxygen atoms in total. The highest BCUT2D eigenvalue weighted by atomic mass is 32.2. The number of benzene rings is 3. The van der Waals surface area contributed by atoms with Crippen molar-refractivity contribution >= 4 is 33.2 Å². The highest BCUT2D eigenvalue weighted by Crippen LogP contribution is 2.18. The van der Waals surface area contributed by atoms with E-state index in [2.05, 4.69) is 10.0 Å². The Morgan fingerprint density at radius 1 is 0.767 bits per heavy atom. The molecule has 0 saturated carbocycles. The summed E-state index contributed by atoms with van der Waals surface area (Å²) < 4.78 is 27.2. The maximum Gasteiger partial charge on any atom is 0.261 e. The van der Waals surface area contributed by atoms with Crippen molar-refractivity contribution in [1.29, 1.82) is 0 Å². The second kappa shape index (κ2) is 8.79. The summed E-state index contributed by atoms with van der Waals surface area (Å²) in [7, 11) is -0.394. The van der Waals surface area contributed by atoms with E-state index in [9.17, 15) is 18.0 Å². The number of rotatable bonds is 6. The van der Waals surface area contributed by atoms with Crippen LogP contribution in [-0.4, -0.2) is 39.2 Å². The van der Waals surface area contributed by atoms with E-state index in [-0.39, 0.29) is 16.7 Å². The molecule has 0 aromatic heterocycles. The highest BCUT2D eigenvalue weighted by molar-refractivity contribution is 7.92. The smallest absolute Gasteiger partial charge is 0.261 e. The first-order valence-corrected chi connectivity index (χ1v) is 10.6. The van der Waals surface area contributed by atoms with E-state index in [1.807, 2.05) is 0 Å². The molecule has 3 rings (SSSR count). The third kappa shape index (κ3) is 5.03. The monoisotopic (exact) mass is 423 g/mol. The van der Waals surface area contributed by atoms with E-state index in [1.165, 1.54) is 41.3 Å². The van der Waals surface area contributed by atoms with Crippen molar-refractivity contribution in [3.63, 3.8) is 0 Å². The summed E-state index contributed by atoms with van der Waals surface area (Å²) in [6, 6.07) is 20.7. The van der Waals surface area contributed by atoms with Crippen molar-refractivity contribution in [3.8, 4) is 0 Å². The van der Waals surface area contributed by atoms with Gasteiger partial charge in [0.25, 0.3) is 21.8 Å². The van der Waals surface area contributed by atoms with Gasteiger partial charge in [-0.1, -0.05) is 24.3 Å². The van der Waals surface area contributed by atoms with Crippen molar-refractivity contribution < 1.29 is 18.0 Å². The average Bonchev–Trinajstić information content (AvgIpc) is 2.74. The number of anilines is 2. The molecular weight excluding hydrogens is 402 g/mol. The molecule has 0 aliphatic rings. The number of hydrogen-bond donors (Lipinski definition) is 2. The lowest BCUT2D eigenvalue weighted by molar-refractivity contribution is 0.0827. The summed E-state index contributed by atoms with van der Waals surface area (Å²) in [5.41, 5.74) is 1.64. The van der Waals surface area contributed by atoms with Crippen molar-refractivity contribution in [1.82, 2.24) is 4.90 Å². The minimum Gasteiger partial charge on any atom is -0.345 e. The third-order valence-electron chi connectivity index (χ3n) is 4.23. The van der Waals surface area contributed by atoms with Crippen molar-refractivity contribution in [2.24, 2.45) is 0 Å². The van der Waals surface area contributed by atoms with Crippen LogP contribution in [0, 0.1) is 0 Å². The Morgan fingerprint density at radius 2 is 1.43 bits per heavy atom. The molecule has 0 spiro atoms. The number of nitrogens with one attached hydrogen (secondary N) is 2. The predicted molar refractivity (Wildman–Crippen MR) is 116 cm³/mol. The van der Waals surface area contributed by atoms with Crippen LogP contribution >= 0.6 is 0 Å². The molecule has 0 heterocycles. The Kier molecular flexibility index (Phi) is 6.17. The Balaban J connectivity index is 1.70. The molecule has 3 aromatic rings. The Bertz CT molecular complexity index is 1160. The predicted octanol–water partition coefficient (Wildman–Crippen LogP) is 3.44. The number of carbonyl (C=O) groups is 2. The van der Waals surface area contributed by atoms with Crippen LogP contribution in [0.1, 0.15) is 20.7 Å². The minimum absolute atomic E-state index is 0.152. The molecule has 3 aromatic carbocycles. The van der Waals surface area contributed by atoms with Crippen molar-refractivity contribution in [2.45, 2.75) is 4.90 Å². The Morgan fingerprint density at radius 3 is 2.07 bits per heavy atom. The second-order valence-electron chi connectivity index (χ2n) is 6.73. The molecule has 0 atom stereocenters. The maximum atomic E-state index is 12.5. The van der Waals surface area contributed by atoms with Crippen LogP contribution in [0.4, 0.5) is 11.4 Å². The molecule has 0 aliphatic carbocycles.